The van der Waals surface area contributed by atoms with Crippen molar-refractivity contribution >= 4 is 11.6 Å². The summed E-state index contributed by atoms with van der Waals surface area (Å²) in [5.74, 6) is 0.0393. The predicted octanol–water partition coefficient (Wildman–Crippen LogP) is 1.66. The lowest BCUT2D eigenvalue weighted by atomic mass is 10.1. The molecule has 0 unspecified atom stereocenters. The van der Waals surface area contributed by atoms with E-state index in [0.29, 0.717) is 12.1 Å². The van der Waals surface area contributed by atoms with Crippen molar-refractivity contribution in [2.24, 2.45) is 0 Å². The molecule has 1 aromatic rings. The van der Waals surface area contributed by atoms with Crippen LogP contribution in [0.15, 0.2) is 24.3 Å². The monoisotopic (exact) mass is 263 g/mol. The Bertz CT molecular complexity index is 389. The number of para-hydroxylation sites is 1. The zero-order valence-electron chi connectivity index (χ0n) is 12.0. The number of carbonyl (C=O) groups excluding carboxylic acids is 1. The van der Waals surface area contributed by atoms with Gasteiger partial charge in [0, 0.05) is 12.2 Å². The Labute approximate surface area is 116 Å². The number of nitrogens with one attached hydrogen (secondary N) is 1. The van der Waals surface area contributed by atoms with Crippen molar-refractivity contribution in [1.82, 2.24) is 10.2 Å². The van der Waals surface area contributed by atoms with E-state index in [0.717, 1.165) is 38.2 Å². The number of anilines is 1. The van der Waals surface area contributed by atoms with E-state index in [-0.39, 0.29) is 5.91 Å². The number of rotatable bonds is 8. The fourth-order valence-electron chi connectivity index (χ4n) is 2.00. The van der Waals surface area contributed by atoms with E-state index in [1.54, 1.807) is 0 Å². The second kappa shape index (κ2) is 8.53. The van der Waals surface area contributed by atoms with Gasteiger partial charge in [-0.2, -0.15) is 0 Å². The number of nitrogen functional groups attached to an aromatic ring is 1. The minimum absolute atomic E-state index is 0.0393. The molecule has 106 valence electrons. The molecule has 0 aliphatic rings. The van der Waals surface area contributed by atoms with Gasteiger partial charge in [-0.05, 0) is 37.7 Å². The first kappa shape index (κ1) is 15.5. The molecule has 1 amide bonds. The number of nitrogens with two attached hydrogens (primary N) is 1. The third kappa shape index (κ3) is 5.75. The summed E-state index contributed by atoms with van der Waals surface area (Å²) in [5, 5.41) is 2.94. The summed E-state index contributed by atoms with van der Waals surface area (Å²) < 4.78 is 0. The van der Waals surface area contributed by atoms with Crippen molar-refractivity contribution in [2.45, 2.75) is 26.7 Å². The largest absolute Gasteiger partial charge is 0.398 e. The molecule has 3 N–H and O–H groups in total. The first-order valence-electron chi connectivity index (χ1n) is 6.99. The quantitative estimate of drug-likeness (QED) is 0.554. The van der Waals surface area contributed by atoms with Crippen molar-refractivity contribution in [3.05, 3.63) is 29.8 Å². The van der Waals surface area contributed by atoms with Crippen LogP contribution in [-0.4, -0.2) is 37.0 Å². The van der Waals surface area contributed by atoms with Crippen molar-refractivity contribution in [3.8, 4) is 0 Å². The third-order valence-corrected chi connectivity index (χ3v) is 3.27. The first-order chi connectivity index (χ1) is 9.17. The summed E-state index contributed by atoms with van der Waals surface area (Å²) in [6, 6.07) is 7.49. The predicted molar refractivity (Wildman–Crippen MR) is 80.0 cm³/mol. The number of hydrogen-bond donors (Lipinski definition) is 2. The average molecular weight is 263 g/mol. The van der Waals surface area contributed by atoms with Gasteiger partial charge in [-0.3, -0.25) is 4.79 Å². The summed E-state index contributed by atoms with van der Waals surface area (Å²) in [4.78, 5) is 14.1. The molecule has 0 radical (unpaired) electrons. The minimum Gasteiger partial charge on any atom is -0.398 e. The van der Waals surface area contributed by atoms with Crippen LogP contribution in [0.4, 0.5) is 5.69 Å². The number of hydrogen-bond acceptors (Lipinski definition) is 3. The normalized spacial score (nSPS) is 10.7. The van der Waals surface area contributed by atoms with Crippen molar-refractivity contribution in [2.75, 3.05) is 31.9 Å². The third-order valence-electron chi connectivity index (χ3n) is 3.27. The highest BCUT2D eigenvalue weighted by Gasteiger charge is 2.05. The Balaban J connectivity index is 2.24. The number of benzene rings is 1. The van der Waals surface area contributed by atoms with Crippen molar-refractivity contribution in [3.63, 3.8) is 0 Å². The Morgan fingerprint density at radius 3 is 2.58 bits per heavy atom. The lowest BCUT2D eigenvalue weighted by molar-refractivity contribution is -0.120. The Morgan fingerprint density at radius 1 is 1.26 bits per heavy atom. The number of carbonyl (C=O) groups is 1. The van der Waals surface area contributed by atoms with Crippen molar-refractivity contribution in [1.29, 1.82) is 0 Å². The van der Waals surface area contributed by atoms with Crippen LogP contribution in [0, 0.1) is 0 Å². The standard InChI is InChI=1S/C15H25N3O/c1-3-18(4-2)11-7-10-17-15(19)12-13-8-5-6-9-14(13)16/h5-6,8-9H,3-4,7,10-12,16H2,1-2H3,(H,17,19). The Kier molecular flexibility index (Phi) is 6.97. The smallest absolute Gasteiger partial charge is 0.224 e. The summed E-state index contributed by atoms with van der Waals surface area (Å²) in [6.45, 7) is 8.18. The van der Waals surface area contributed by atoms with E-state index in [9.17, 15) is 4.79 Å². The SMILES string of the molecule is CCN(CC)CCCNC(=O)Cc1ccccc1N. The summed E-state index contributed by atoms with van der Waals surface area (Å²) >= 11 is 0. The molecule has 0 heterocycles. The van der Waals surface area contributed by atoms with Crippen LogP contribution in [-0.2, 0) is 11.2 Å². The van der Waals surface area contributed by atoms with Gasteiger partial charge < -0.3 is 16.0 Å². The van der Waals surface area contributed by atoms with E-state index in [2.05, 4.69) is 24.1 Å². The van der Waals surface area contributed by atoms with Gasteiger partial charge in [-0.1, -0.05) is 32.0 Å². The Hall–Kier alpha value is -1.55. The lowest BCUT2D eigenvalue weighted by Crippen LogP contribution is -2.30. The highest BCUT2D eigenvalue weighted by atomic mass is 16.1. The Morgan fingerprint density at radius 2 is 1.95 bits per heavy atom. The van der Waals surface area contributed by atoms with Crippen LogP contribution >= 0.6 is 0 Å². The maximum Gasteiger partial charge on any atom is 0.224 e. The maximum absolute atomic E-state index is 11.8. The van der Waals surface area contributed by atoms with Crippen LogP contribution in [0.2, 0.25) is 0 Å². The molecule has 0 aromatic heterocycles. The van der Waals surface area contributed by atoms with Crippen LogP contribution in [0.5, 0.6) is 0 Å². The van der Waals surface area contributed by atoms with Gasteiger partial charge in [0.2, 0.25) is 5.91 Å². The first-order valence-corrected chi connectivity index (χ1v) is 6.99. The molecule has 0 bridgehead atoms. The zero-order valence-corrected chi connectivity index (χ0v) is 12.0. The lowest BCUT2D eigenvalue weighted by Gasteiger charge is -2.17. The second-order valence-electron chi connectivity index (χ2n) is 4.61. The fraction of sp³-hybridized carbons (Fsp3) is 0.533. The maximum atomic E-state index is 11.8. The highest BCUT2D eigenvalue weighted by molar-refractivity contribution is 5.80. The van der Waals surface area contributed by atoms with Gasteiger partial charge in [-0.25, -0.2) is 0 Å². The average Bonchev–Trinajstić information content (AvgIpc) is 2.42. The zero-order chi connectivity index (χ0) is 14.1. The van der Waals surface area contributed by atoms with Crippen LogP contribution in [0.1, 0.15) is 25.8 Å². The fourth-order valence-corrected chi connectivity index (χ4v) is 2.00. The topological polar surface area (TPSA) is 58.4 Å². The van der Waals surface area contributed by atoms with E-state index < -0.39 is 0 Å². The van der Waals surface area contributed by atoms with Gasteiger partial charge in [0.1, 0.15) is 0 Å². The molecule has 0 atom stereocenters. The van der Waals surface area contributed by atoms with Gasteiger partial charge in [0.15, 0.2) is 0 Å². The summed E-state index contributed by atoms with van der Waals surface area (Å²) in [6.07, 6.45) is 1.34. The van der Waals surface area contributed by atoms with Gasteiger partial charge >= 0.3 is 0 Å². The van der Waals surface area contributed by atoms with Crippen molar-refractivity contribution < 1.29 is 4.79 Å². The van der Waals surface area contributed by atoms with Gasteiger partial charge in [-0.15, -0.1) is 0 Å². The molecule has 1 rings (SSSR count). The molecule has 19 heavy (non-hydrogen) atoms. The highest BCUT2D eigenvalue weighted by Crippen LogP contribution is 2.10. The molecule has 1 aromatic carbocycles. The molecule has 0 saturated heterocycles. The molecule has 0 fully saturated rings. The molecular formula is C15H25N3O. The molecule has 0 saturated carbocycles. The molecule has 4 nitrogen and oxygen atoms in total. The van der Waals surface area contributed by atoms with Crippen LogP contribution < -0.4 is 11.1 Å². The number of nitrogens with zero attached hydrogens (tertiary/aromatic N) is 1. The van der Waals surface area contributed by atoms with Gasteiger partial charge in [0.25, 0.3) is 0 Å². The van der Waals surface area contributed by atoms with E-state index in [1.807, 2.05) is 24.3 Å². The molecule has 0 spiro atoms. The summed E-state index contributed by atoms with van der Waals surface area (Å²) in [5.41, 5.74) is 7.39. The second-order valence-corrected chi connectivity index (χ2v) is 4.61. The molecular weight excluding hydrogens is 238 g/mol. The minimum atomic E-state index is 0.0393. The molecule has 4 heteroatoms. The molecule has 0 aliphatic heterocycles. The van der Waals surface area contributed by atoms with E-state index in [4.69, 9.17) is 5.73 Å². The number of amides is 1. The van der Waals surface area contributed by atoms with Gasteiger partial charge in [0.05, 0.1) is 6.42 Å². The summed E-state index contributed by atoms with van der Waals surface area (Å²) in [7, 11) is 0. The van der Waals surface area contributed by atoms with E-state index in [1.165, 1.54) is 0 Å². The van der Waals surface area contributed by atoms with E-state index >= 15 is 0 Å². The molecule has 0 aliphatic carbocycles. The van der Waals surface area contributed by atoms with Crippen LogP contribution in [0.3, 0.4) is 0 Å². The van der Waals surface area contributed by atoms with Crippen LogP contribution in [0.25, 0.3) is 0 Å².